The Labute approximate surface area is 110 Å². The van der Waals surface area contributed by atoms with E-state index in [-0.39, 0.29) is 5.56 Å². The quantitative estimate of drug-likeness (QED) is 0.923. The van der Waals surface area contributed by atoms with E-state index in [1.54, 1.807) is 31.2 Å². The highest BCUT2D eigenvalue weighted by Gasteiger charge is 2.32. The summed E-state index contributed by atoms with van der Waals surface area (Å²) in [6, 6.07) is 10.6. The van der Waals surface area contributed by atoms with Crippen molar-refractivity contribution >= 4 is 0 Å². The van der Waals surface area contributed by atoms with Gasteiger partial charge in [0.2, 0.25) is 0 Å². The highest BCUT2D eigenvalue weighted by Crippen LogP contribution is 2.35. The van der Waals surface area contributed by atoms with Gasteiger partial charge in [0, 0.05) is 11.1 Å². The number of hydrogen-bond acceptors (Lipinski definition) is 2. The average Bonchev–Trinajstić information content (AvgIpc) is 2.38. The van der Waals surface area contributed by atoms with Crippen LogP contribution in [0.4, 0.5) is 8.78 Å². The first kappa shape index (κ1) is 13.5. The molecule has 0 fully saturated rings. The zero-order chi connectivity index (χ0) is 14.0. The molecule has 1 atom stereocenters. The molecule has 0 aliphatic heterocycles. The lowest BCUT2D eigenvalue weighted by atomic mass is 9.84. The first-order valence-electron chi connectivity index (χ1n) is 5.85. The van der Waals surface area contributed by atoms with Crippen LogP contribution in [0.2, 0.25) is 0 Å². The van der Waals surface area contributed by atoms with Gasteiger partial charge in [0.15, 0.2) is 0 Å². The van der Waals surface area contributed by atoms with E-state index >= 15 is 0 Å². The van der Waals surface area contributed by atoms with Gasteiger partial charge in [0.1, 0.15) is 17.4 Å². The molecule has 19 heavy (non-hydrogen) atoms. The minimum atomic E-state index is -1.32. The van der Waals surface area contributed by atoms with Crippen LogP contribution >= 0.6 is 0 Å². The minimum Gasteiger partial charge on any atom is -0.496 e. The van der Waals surface area contributed by atoms with Crippen LogP contribution in [-0.2, 0) is 5.54 Å². The van der Waals surface area contributed by atoms with Crippen LogP contribution in [0.5, 0.6) is 5.75 Å². The van der Waals surface area contributed by atoms with Crippen molar-refractivity contribution in [2.45, 2.75) is 12.5 Å². The molecule has 1 unspecified atom stereocenters. The van der Waals surface area contributed by atoms with Gasteiger partial charge in [-0.1, -0.05) is 24.3 Å². The predicted octanol–water partition coefficient (Wildman–Crippen LogP) is 3.20. The molecule has 0 aliphatic carbocycles. The third kappa shape index (κ3) is 2.31. The van der Waals surface area contributed by atoms with Crippen LogP contribution in [0.1, 0.15) is 18.1 Å². The van der Waals surface area contributed by atoms with Crippen LogP contribution in [0.25, 0.3) is 0 Å². The zero-order valence-electron chi connectivity index (χ0n) is 10.8. The summed E-state index contributed by atoms with van der Waals surface area (Å²) in [5.41, 5.74) is 5.22. The Morgan fingerprint density at radius 1 is 1.00 bits per heavy atom. The molecule has 4 heteroatoms. The summed E-state index contributed by atoms with van der Waals surface area (Å²) in [5, 5.41) is 0. The second-order valence-electron chi connectivity index (χ2n) is 4.50. The first-order chi connectivity index (χ1) is 8.98. The molecular weight excluding hydrogens is 248 g/mol. The van der Waals surface area contributed by atoms with Crippen LogP contribution in [0, 0.1) is 11.6 Å². The van der Waals surface area contributed by atoms with E-state index in [1.807, 2.05) is 0 Å². The Morgan fingerprint density at radius 2 is 1.58 bits per heavy atom. The van der Waals surface area contributed by atoms with Gasteiger partial charge < -0.3 is 10.5 Å². The van der Waals surface area contributed by atoms with Crippen molar-refractivity contribution in [3.8, 4) is 5.75 Å². The third-order valence-electron chi connectivity index (χ3n) is 3.15. The Balaban J connectivity index is 2.65. The lowest BCUT2D eigenvalue weighted by Crippen LogP contribution is -2.36. The summed E-state index contributed by atoms with van der Waals surface area (Å²) in [6.07, 6.45) is 0. The molecule has 2 aromatic rings. The Hall–Kier alpha value is -1.94. The van der Waals surface area contributed by atoms with E-state index in [0.29, 0.717) is 11.3 Å². The van der Waals surface area contributed by atoms with Gasteiger partial charge in [-0.05, 0) is 25.1 Å². The summed E-state index contributed by atoms with van der Waals surface area (Å²) in [6.45, 7) is 1.56. The standard InChI is InChI=1S/C15H15F2NO/c1-15(18,10-6-3-4-9-13(10)19-2)14-11(16)7-5-8-12(14)17/h3-9H,18H2,1-2H3. The van der Waals surface area contributed by atoms with E-state index in [0.717, 1.165) is 0 Å². The summed E-state index contributed by atoms with van der Waals surface area (Å²) >= 11 is 0. The Bertz CT molecular complexity index is 576. The number of benzene rings is 2. The number of rotatable bonds is 3. The Morgan fingerprint density at radius 3 is 2.16 bits per heavy atom. The highest BCUT2D eigenvalue weighted by atomic mass is 19.1. The van der Waals surface area contributed by atoms with Crippen LogP contribution < -0.4 is 10.5 Å². The molecule has 100 valence electrons. The zero-order valence-corrected chi connectivity index (χ0v) is 10.8. The third-order valence-corrected chi connectivity index (χ3v) is 3.15. The van der Waals surface area contributed by atoms with E-state index in [4.69, 9.17) is 10.5 Å². The smallest absolute Gasteiger partial charge is 0.131 e. The van der Waals surface area contributed by atoms with Gasteiger partial charge in [-0.15, -0.1) is 0 Å². The van der Waals surface area contributed by atoms with Crippen molar-refractivity contribution in [3.63, 3.8) is 0 Å². The first-order valence-corrected chi connectivity index (χ1v) is 5.85. The molecule has 0 aliphatic rings. The van der Waals surface area contributed by atoms with Gasteiger partial charge in [-0.2, -0.15) is 0 Å². The normalized spacial score (nSPS) is 13.9. The topological polar surface area (TPSA) is 35.2 Å². The Kier molecular flexibility index (Phi) is 3.53. The summed E-state index contributed by atoms with van der Waals surface area (Å²) in [4.78, 5) is 0. The molecule has 2 aromatic carbocycles. The molecule has 0 radical (unpaired) electrons. The lowest BCUT2D eigenvalue weighted by molar-refractivity contribution is 0.393. The van der Waals surface area contributed by atoms with Gasteiger partial charge in [0.25, 0.3) is 0 Å². The maximum absolute atomic E-state index is 13.9. The second kappa shape index (κ2) is 4.97. The molecule has 0 amide bonds. The van der Waals surface area contributed by atoms with Gasteiger partial charge >= 0.3 is 0 Å². The van der Waals surface area contributed by atoms with E-state index in [1.165, 1.54) is 25.3 Å². The van der Waals surface area contributed by atoms with Crippen LogP contribution in [0.15, 0.2) is 42.5 Å². The maximum Gasteiger partial charge on any atom is 0.131 e. The van der Waals surface area contributed by atoms with Crippen molar-refractivity contribution in [1.29, 1.82) is 0 Å². The summed E-state index contributed by atoms with van der Waals surface area (Å²) in [5.74, 6) is -0.845. The molecule has 2 rings (SSSR count). The molecule has 2 nitrogen and oxygen atoms in total. The van der Waals surface area contributed by atoms with Crippen molar-refractivity contribution in [3.05, 3.63) is 65.2 Å². The van der Waals surface area contributed by atoms with E-state index < -0.39 is 17.2 Å². The molecule has 0 saturated carbocycles. The van der Waals surface area contributed by atoms with Crippen molar-refractivity contribution < 1.29 is 13.5 Å². The number of para-hydroxylation sites is 1. The molecule has 0 aromatic heterocycles. The number of methoxy groups -OCH3 is 1. The fourth-order valence-corrected chi connectivity index (χ4v) is 2.20. The average molecular weight is 263 g/mol. The molecule has 2 N–H and O–H groups in total. The fourth-order valence-electron chi connectivity index (χ4n) is 2.20. The minimum absolute atomic E-state index is 0.167. The molecule has 0 bridgehead atoms. The van der Waals surface area contributed by atoms with E-state index in [2.05, 4.69) is 0 Å². The monoisotopic (exact) mass is 263 g/mol. The van der Waals surface area contributed by atoms with Crippen LogP contribution in [-0.4, -0.2) is 7.11 Å². The molecule has 0 saturated heterocycles. The maximum atomic E-state index is 13.9. The lowest BCUT2D eigenvalue weighted by Gasteiger charge is -2.28. The predicted molar refractivity (Wildman–Crippen MR) is 70.0 cm³/mol. The van der Waals surface area contributed by atoms with Crippen LogP contribution in [0.3, 0.4) is 0 Å². The van der Waals surface area contributed by atoms with Gasteiger partial charge in [0.05, 0.1) is 12.6 Å². The number of halogens is 2. The fraction of sp³-hybridized carbons (Fsp3) is 0.200. The SMILES string of the molecule is COc1ccccc1C(C)(N)c1c(F)cccc1F. The molecule has 0 heterocycles. The van der Waals surface area contributed by atoms with Gasteiger partial charge in [-0.25, -0.2) is 8.78 Å². The molecular formula is C15H15F2NO. The van der Waals surface area contributed by atoms with Crippen molar-refractivity contribution in [2.75, 3.05) is 7.11 Å². The summed E-state index contributed by atoms with van der Waals surface area (Å²) in [7, 11) is 1.49. The largest absolute Gasteiger partial charge is 0.496 e. The highest BCUT2D eigenvalue weighted by molar-refractivity contribution is 5.46. The van der Waals surface area contributed by atoms with E-state index in [9.17, 15) is 8.78 Å². The number of nitrogens with two attached hydrogens (primary N) is 1. The van der Waals surface area contributed by atoms with Gasteiger partial charge in [-0.3, -0.25) is 0 Å². The van der Waals surface area contributed by atoms with Crippen molar-refractivity contribution in [2.24, 2.45) is 5.73 Å². The second-order valence-corrected chi connectivity index (χ2v) is 4.50. The number of ether oxygens (including phenoxy) is 1. The number of hydrogen-bond donors (Lipinski definition) is 1. The van der Waals surface area contributed by atoms with Crippen molar-refractivity contribution in [1.82, 2.24) is 0 Å². The summed E-state index contributed by atoms with van der Waals surface area (Å²) < 4.78 is 33.0. The molecule has 0 spiro atoms.